The van der Waals surface area contributed by atoms with E-state index < -0.39 is 22.2 Å². The number of H-pyrrole nitrogens is 1. The van der Waals surface area contributed by atoms with Crippen LogP contribution in [0.2, 0.25) is 0 Å². The number of likely N-dealkylation sites (tertiary alicyclic amines) is 1. The fraction of sp³-hybridized carbons (Fsp3) is 0.286. The van der Waals surface area contributed by atoms with Gasteiger partial charge in [-0.05, 0) is 47.9 Å². The fourth-order valence-electron chi connectivity index (χ4n) is 3.93. The molecule has 0 spiro atoms. The highest BCUT2D eigenvalue weighted by Gasteiger charge is 2.32. The lowest BCUT2D eigenvalue weighted by atomic mass is 10.00. The van der Waals surface area contributed by atoms with Gasteiger partial charge >= 0.3 is 0 Å². The number of nitrogens with one attached hydrogen (secondary N) is 1. The van der Waals surface area contributed by atoms with Crippen molar-refractivity contribution in [1.29, 1.82) is 0 Å². The number of aryl methyl sites for hydroxylation is 1. The molecular formula is C21H22FN3O5S. The van der Waals surface area contributed by atoms with Gasteiger partial charge < -0.3 is 20.1 Å². The molecule has 2 aromatic carbocycles. The van der Waals surface area contributed by atoms with E-state index in [0.717, 1.165) is 10.9 Å². The Balaban J connectivity index is 1.64. The first kappa shape index (κ1) is 21.4. The highest BCUT2D eigenvalue weighted by atomic mass is 32.2. The summed E-state index contributed by atoms with van der Waals surface area (Å²) in [6.07, 6.45) is -0.168. The van der Waals surface area contributed by atoms with E-state index in [1.807, 2.05) is 0 Å². The summed E-state index contributed by atoms with van der Waals surface area (Å²) in [5.74, 6) is -0.675. The second-order valence-corrected chi connectivity index (χ2v) is 9.22. The van der Waals surface area contributed by atoms with Crippen LogP contribution in [0.1, 0.15) is 12.0 Å². The summed E-state index contributed by atoms with van der Waals surface area (Å²) in [6, 6.07) is 9.03. The number of carbonyl (C=O) groups is 1. The SMILES string of the molecule is NS(=O)(=O)c1ccc(-c2c[nH]c3cc(F)ccc23)cc1CCC(=O)N1C[C@@H](O)[C@@H](O)C1. The lowest BCUT2D eigenvalue weighted by Gasteiger charge is -2.16. The summed E-state index contributed by atoms with van der Waals surface area (Å²) in [7, 11) is -4.01. The van der Waals surface area contributed by atoms with Crippen LogP contribution < -0.4 is 5.14 Å². The standard InChI is InChI=1S/C21H22FN3O5S/c22-14-3-4-15-16(9-24-17(15)8-14)12-1-5-20(31(23,29)30)13(7-12)2-6-21(28)25-10-18(26)19(27)11-25/h1,3-5,7-9,18-19,24,26-27H,2,6,10-11H2,(H2,23,29,30)/t18-,19+. The van der Waals surface area contributed by atoms with E-state index in [2.05, 4.69) is 4.98 Å². The molecule has 0 aliphatic carbocycles. The maximum absolute atomic E-state index is 13.5. The van der Waals surface area contributed by atoms with Gasteiger partial charge in [0.25, 0.3) is 0 Å². The molecule has 0 radical (unpaired) electrons. The quantitative estimate of drug-likeness (QED) is 0.465. The number of β-amino-alcohol motifs (C(OH)–C–C–N with tert-alkyl or cyclic N) is 2. The van der Waals surface area contributed by atoms with Crippen LogP contribution in [0.15, 0.2) is 47.5 Å². The maximum atomic E-state index is 13.5. The third-order valence-corrected chi connectivity index (χ3v) is 6.55. The molecule has 31 heavy (non-hydrogen) atoms. The molecule has 2 atom stereocenters. The Kier molecular flexibility index (Phi) is 5.56. The molecule has 1 amide bonds. The summed E-state index contributed by atoms with van der Waals surface area (Å²) < 4.78 is 37.6. The van der Waals surface area contributed by atoms with Crippen molar-refractivity contribution >= 4 is 26.8 Å². The summed E-state index contributed by atoms with van der Waals surface area (Å²) in [6.45, 7) is 0.0714. The van der Waals surface area contributed by atoms with Crippen molar-refractivity contribution in [2.24, 2.45) is 5.14 Å². The minimum atomic E-state index is -4.01. The van der Waals surface area contributed by atoms with Crippen LogP contribution in [0.5, 0.6) is 0 Å². The number of amides is 1. The van der Waals surface area contributed by atoms with Crippen LogP contribution >= 0.6 is 0 Å². The predicted octanol–water partition coefficient (Wildman–Crippen LogP) is 1.12. The van der Waals surface area contributed by atoms with E-state index in [9.17, 15) is 27.8 Å². The number of aliphatic hydroxyl groups is 2. The second-order valence-electron chi connectivity index (χ2n) is 7.69. The van der Waals surface area contributed by atoms with Crippen molar-refractivity contribution in [2.45, 2.75) is 29.9 Å². The largest absolute Gasteiger partial charge is 0.388 e. The van der Waals surface area contributed by atoms with Gasteiger partial charge in [-0.1, -0.05) is 6.07 Å². The molecule has 1 saturated heterocycles. The molecule has 2 heterocycles. The van der Waals surface area contributed by atoms with Gasteiger partial charge in [-0.2, -0.15) is 0 Å². The van der Waals surface area contributed by atoms with Crippen molar-refractivity contribution in [3.63, 3.8) is 0 Å². The predicted molar refractivity (Wildman–Crippen MR) is 112 cm³/mol. The van der Waals surface area contributed by atoms with Gasteiger partial charge in [0.1, 0.15) is 5.82 Å². The summed E-state index contributed by atoms with van der Waals surface area (Å²) in [5, 5.41) is 25.4. The number of hydrogen-bond donors (Lipinski definition) is 4. The normalized spacial score (nSPS) is 19.3. The maximum Gasteiger partial charge on any atom is 0.238 e. The average molecular weight is 447 g/mol. The monoisotopic (exact) mass is 447 g/mol. The minimum Gasteiger partial charge on any atom is -0.388 e. The number of halogens is 1. The molecule has 4 rings (SSSR count). The Labute approximate surface area is 178 Å². The first-order valence-corrected chi connectivity index (χ1v) is 11.2. The highest BCUT2D eigenvalue weighted by molar-refractivity contribution is 7.89. The number of sulfonamides is 1. The van der Waals surface area contributed by atoms with Crippen molar-refractivity contribution in [3.05, 3.63) is 54.0 Å². The zero-order valence-electron chi connectivity index (χ0n) is 16.5. The molecule has 8 nitrogen and oxygen atoms in total. The lowest BCUT2D eigenvalue weighted by molar-refractivity contribution is -0.130. The van der Waals surface area contributed by atoms with E-state index in [4.69, 9.17) is 5.14 Å². The molecule has 0 unspecified atom stereocenters. The molecule has 1 aromatic heterocycles. The second kappa shape index (κ2) is 8.04. The van der Waals surface area contributed by atoms with Gasteiger partial charge in [0, 0.05) is 42.2 Å². The molecule has 1 fully saturated rings. The number of benzene rings is 2. The van der Waals surface area contributed by atoms with E-state index in [-0.39, 0.29) is 42.6 Å². The zero-order valence-corrected chi connectivity index (χ0v) is 17.3. The van der Waals surface area contributed by atoms with Crippen molar-refractivity contribution in [2.75, 3.05) is 13.1 Å². The van der Waals surface area contributed by atoms with Crippen LogP contribution in [-0.4, -0.2) is 59.7 Å². The number of fused-ring (bicyclic) bond motifs is 1. The van der Waals surface area contributed by atoms with Crippen LogP contribution in [0.25, 0.3) is 22.0 Å². The van der Waals surface area contributed by atoms with Crippen molar-refractivity contribution < 1.29 is 27.8 Å². The molecule has 10 heteroatoms. The lowest BCUT2D eigenvalue weighted by Crippen LogP contribution is -2.30. The average Bonchev–Trinajstić information content (AvgIpc) is 3.28. The Hall–Kier alpha value is -2.79. The number of aliphatic hydroxyl groups excluding tert-OH is 2. The Bertz CT molecular complexity index is 1250. The van der Waals surface area contributed by atoms with Crippen molar-refractivity contribution in [3.8, 4) is 11.1 Å². The van der Waals surface area contributed by atoms with Crippen LogP contribution in [-0.2, 0) is 21.2 Å². The Morgan fingerprint density at radius 1 is 1.16 bits per heavy atom. The summed E-state index contributed by atoms with van der Waals surface area (Å²) in [4.78, 5) is 16.7. The molecule has 164 valence electrons. The zero-order chi connectivity index (χ0) is 22.3. The third-order valence-electron chi connectivity index (χ3n) is 5.54. The van der Waals surface area contributed by atoms with E-state index in [0.29, 0.717) is 16.6 Å². The number of carbonyl (C=O) groups excluding carboxylic acids is 1. The number of nitrogens with zero attached hydrogens (tertiary/aromatic N) is 1. The van der Waals surface area contributed by atoms with Crippen LogP contribution in [0.4, 0.5) is 4.39 Å². The summed E-state index contributed by atoms with van der Waals surface area (Å²) in [5.41, 5.74) is 2.44. The number of rotatable bonds is 5. The molecule has 0 saturated carbocycles. The molecule has 1 aliphatic heterocycles. The molecule has 3 aromatic rings. The Morgan fingerprint density at radius 3 is 2.55 bits per heavy atom. The number of aromatic amines is 1. The number of aromatic nitrogens is 1. The van der Waals surface area contributed by atoms with Gasteiger partial charge in [0.2, 0.25) is 15.9 Å². The first-order chi connectivity index (χ1) is 14.6. The van der Waals surface area contributed by atoms with Gasteiger partial charge in [0.15, 0.2) is 0 Å². The number of primary sulfonamides is 1. The van der Waals surface area contributed by atoms with Crippen LogP contribution in [0, 0.1) is 5.82 Å². The number of hydrogen-bond acceptors (Lipinski definition) is 5. The van der Waals surface area contributed by atoms with E-state index >= 15 is 0 Å². The van der Waals surface area contributed by atoms with E-state index in [1.54, 1.807) is 24.4 Å². The summed E-state index contributed by atoms with van der Waals surface area (Å²) >= 11 is 0. The first-order valence-electron chi connectivity index (χ1n) is 9.70. The fourth-order valence-corrected chi connectivity index (χ4v) is 4.71. The third kappa shape index (κ3) is 4.33. The highest BCUT2D eigenvalue weighted by Crippen LogP contribution is 2.31. The van der Waals surface area contributed by atoms with Gasteiger partial charge in [-0.15, -0.1) is 0 Å². The van der Waals surface area contributed by atoms with E-state index in [1.165, 1.54) is 23.1 Å². The Morgan fingerprint density at radius 2 is 1.87 bits per heavy atom. The van der Waals surface area contributed by atoms with Gasteiger partial charge in [0.05, 0.1) is 17.1 Å². The number of nitrogens with two attached hydrogens (primary N) is 1. The van der Waals surface area contributed by atoms with Gasteiger partial charge in [-0.3, -0.25) is 4.79 Å². The topological polar surface area (TPSA) is 137 Å². The van der Waals surface area contributed by atoms with Crippen molar-refractivity contribution in [1.82, 2.24) is 9.88 Å². The minimum absolute atomic E-state index is 0.00942. The molecule has 5 N–H and O–H groups in total. The smallest absolute Gasteiger partial charge is 0.238 e. The van der Waals surface area contributed by atoms with Crippen LogP contribution in [0.3, 0.4) is 0 Å². The molecular weight excluding hydrogens is 425 g/mol. The van der Waals surface area contributed by atoms with Gasteiger partial charge in [-0.25, -0.2) is 17.9 Å². The molecule has 0 bridgehead atoms. The molecule has 1 aliphatic rings.